The Kier molecular flexibility index (Phi) is 3.89. The second-order valence-corrected chi connectivity index (χ2v) is 4.94. The van der Waals surface area contributed by atoms with Gasteiger partial charge in [0, 0.05) is 34.8 Å². The molecule has 2 N–H and O–H groups in total. The molecule has 0 aliphatic carbocycles. The van der Waals surface area contributed by atoms with Crippen molar-refractivity contribution in [2.45, 2.75) is 0 Å². The Morgan fingerprint density at radius 1 is 1.09 bits per heavy atom. The molecule has 3 aromatic rings. The molecule has 6 heteroatoms. The van der Waals surface area contributed by atoms with Gasteiger partial charge in [-0.15, -0.1) is 0 Å². The molecule has 0 bridgehead atoms. The molecule has 0 spiro atoms. The number of methoxy groups -OCH3 is 2. The molecule has 0 fully saturated rings. The Morgan fingerprint density at radius 3 is 2.39 bits per heavy atom. The molecule has 0 atom stereocenters. The van der Waals surface area contributed by atoms with E-state index in [4.69, 9.17) is 9.47 Å². The zero-order chi connectivity index (χ0) is 16.4. The summed E-state index contributed by atoms with van der Waals surface area (Å²) in [5.41, 5.74) is 1.36. The molecule has 0 radical (unpaired) electrons. The molecule has 0 aliphatic rings. The quantitative estimate of drug-likeness (QED) is 0.774. The molecule has 3 rings (SSSR count). The van der Waals surface area contributed by atoms with Crippen LogP contribution in [-0.4, -0.2) is 25.1 Å². The lowest BCUT2D eigenvalue weighted by Gasteiger charge is -2.09. The van der Waals surface area contributed by atoms with E-state index in [0.29, 0.717) is 28.1 Å². The number of hydrogen-bond acceptors (Lipinski definition) is 3. The van der Waals surface area contributed by atoms with Gasteiger partial charge in [-0.05, 0) is 18.2 Å². The summed E-state index contributed by atoms with van der Waals surface area (Å²) in [5.74, 6) is 0.362. The third-order valence-electron chi connectivity index (χ3n) is 3.46. The molecule has 1 heterocycles. The summed E-state index contributed by atoms with van der Waals surface area (Å²) in [6, 6.07) is 11.2. The standard InChI is InChI=1S/C17H15FN2O3/c1-22-11-6-10(7-12(8-11)23-2)19-17(21)16-9-13-14(18)4-3-5-15(13)20-16/h3-9,20H,1-2H3,(H,19,21). The zero-order valence-corrected chi connectivity index (χ0v) is 12.6. The van der Waals surface area contributed by atoms with Gasteiger partial charge in [0.2, 0.25) is 0 Å². The summed E-state index contributed by atoms with van der Waals surface area (Å²) in [6.07, 6.45) is 0. The van der Waals surface area contributed by atoms with Crippen molar-refractivity contribution in [3.05, 3.63) is 54.0 Å². The number of aromatic nitrogens is 1. The number of carbonyl (C=O) groups is 1. The van der Waals surface area contributed by atoms with Crippen molar-refractivity contribution in [1.82, 2.24) is 4.98 Å². The van der Waals surface area contributed by atoms with Gasteiger partial charge < -0.3 is 19.8 Å². The van der Waals surface area contributed by atoms with Crippen molar-refractivity contribution in [3.8, 4) is 11.5 Å². The number of amides is 1. The van der Waals surface area contributed by atoms with E-state index in [2.05, 4.69) is 10.3 Å². The number of carbonyl (C=O) groups excluding carboxylic acids is 1. The maximum absolute atomic E-state index is 13.7. The van der Waals surface area contributed by atoms with E-state index in [1.807, 2.05) is 0 Å². The Morgan fingerprint density at radius 2 is 1.78 bits per heavy atom. The minimum Gasteiger partial charge on any atom is -0.497 e. The number of fused-ring (bicyclic) bond motifs is 1. The first-order valence-electron chi connectivity index (χ1n) is 6.92. The molecule has 0 aliphatic heterocycles. The first kappa shape index (κ1) is 14.9. The smallest absolute Gasteiger partial charge is 0.272 e. The fourth-order valence-electron chi connectivity index (χ4n) is 2.32. The van der Waals surface area contributed by atoms with Crippen LogP contribution in [0.25, 0.3) is 10.9 Å². The number of benzene rings is 2. The molecule has 0 saturated carbocycles. The number of ether oxygens (including phenoxy) is 2. The fourth-order valence-corrected chi connectivity index (χ4v) is 2.32. The van der Waals surface area contributed by atoms with E-state index in [1.54, 1.807) is 30.3 Å². The number of halogens is 1. The minimum absolute atomic E-state index is 0.270. The van der Waals surface area contributed by atoms with E-state index >= 15 is 0 Å². The SMILES string of the molecule is COc1cc(NC(=O)c2cc3c(F)cccc3[nH]2)cc(OC)c1. The average molecular weight is 314 g/mol. The number of hydrogen-bond donors (Lipinski definition) is 2. The number of nitrogens with one attached hydrogen (secondary N) is 2. The van der Waals surface area contributed by atoms with Gasteiger partial charge in [0.05, 0.1) is 14.2 Å². The predicted molar refractivity (Wildman–Crippen MR) is 85.8 cm³/mol. The van der Waals surface area contributed by atoms with E-state index in [9.17, 15) is 9.18 Å². The Labute approximate surface area is 132 Å². The second kappa shape index (κ2) is 6.00. The summed E-state index contributed by atoms with van der Waals surface area (Å²) >= 11 is 0. The van der Waals surface area contributed by atoms with Gasteiger partial charge in [-0.2, -0.15) is 0 Å². The number of rotatable bonds is 4. The summed E-state index contributed by atoms with van der Waals surface area (Å²) in [6.45, 7) is 0. The van der Waals surface area contributed by atoms with Crippen LogP contribution in [-0.2, 0) is 0 Å². The molecule has 2 aromatic carbocycles. The first-order valence-corrected chi connectivity index (χ1v) is 6.92. The summed E-state index contributed by atoms with van der Waals surface area (Å²) < 4.78 is 24.0. The summed E-state index contributed by atoms with van der Waals surface area (Å²) in [7, 11) is 3.06. The second-order valence-electron chi connectivity index (χ2n) is 4.94. The van der Waals surface area contributed by atoms with Gasteiger partial charge in [-0.3, -0.25) is 4.79 Å². The zero-order valence-electron chi connectivity index (χ0n) is 12.6. The molecule has 118 valence electrons. The van der Waals surface area contributed by atoms with Crippen LogP contribution < -0.4 is 14.8 Å². The topological polar surface area (TPSA) is 63.3 Å². The van der Waals surface area contributed by atoms with Crippen LogP contribution in [0.2, 0.25) is 0 Å². The average Bonchev–Trinajstić information content (AvgIpc) is 3.00. The van der Waals surface area contributed by atoms with Crippen LogP contribution in [0.5, 0.6) is 11.5 Å². The van der Waals surface area contributed by atoms with E-state index < -0.39 is 0 Å². The van der Waals surface area contributed by atoms with Gasteiger partial charge in [-0.25, -0.2) is 4.39 Å². The van der Waals surface area contributed by atoms with Crippen LogP contribution >= 0.6 is 0 Å². The molecular weight excluding hydrogens is 299 g/mol. The summed E-state index contributed by atoms with van der Waals surface area (Å²) in [4.78, 5) is 15.2. The minimum atomic E-state index is -0.379. The van der Waals surface area contributed by atoms with Crippen molar-refractivity contribution in [3.63, 3.8) is 0 Å². The van der Waals surface area contributed by atoms with Crippen LogP contribution in [0.4, 0.5) is 10.1 Å². The number of H-pyrrole nitrogens is 1. The maximum atomic E-state index is 13.7. The lowest BCUT2D eigenvalue weighted by atomic mass is 10.2. The van der Waals surface area contributed by atoms with Gasteiger partial charge in [0.25, 0.3) is 5.91 Å². The number of anilines is 1. The van der Waals surface area contributed by atoms with E-state index in [1.165, 1.54) is 26.4 Å². The van der Waals surface area contributed by atoms with Crippen LogP contribution in [0.3, 0.4) is 0 Å². The molecule has 1 amide bonds. The lowest BCUT2D eigenvalue weighted by Crippen LogP contribution is -2.12. The van der Waals surface area contributed by atoms with Crippen LogP contribution in [0.1, 0.15) is 10.5 Å². The van der Waals surface area contributed by atoms with Gasteiger partial charge in [0.1, 0.15) is 23.0 Å². The molecule has 5 nitrogen and oxygen atoms in total. The first-order chi connectivity index (χ1) is 11.1. The van der Waals surface area contributed by atoms with Crippen molar-refractivity contribution >= 4 is 22.5 Å². The van der Waals surface area contributed by atoms with Crippen molar-refractivity contribution < 1.29 is 18.7 Å². The molecule has 23 heavy (non-hydrogen) atoms. The van der Waals surface area contributed by atoms with E-state index in [-0.39, 0.29) is 17.4 Å². The van der Waals surface area contributed by atoms with Crippen molar-refractivity contribution in [2.75, 3.05) is 19.5 Å². The predicted octanol–water partition coefficient (Wildman–Crippen LogP) is 3.58. The largest absolute Gasteiger partial charge is 0.497 e. The fraction of sp³-hybridized carbons (Fsp3) is 0.118. The highest BCUT2D eigenvalue weighted by molar-refractivity contribution is 6.06. The highest BCUT2D eigenvalue weighted by Gasteiger charge is 2.13. The Bertz CT molecular complexity index is 851. The van der Waals surface area contributed by atoms with Crippen LogP contribution in [0.15, 0.2) is 42.5 Å². The van der Waals surface area contributed by atoms with Gasteiger partial charge in [0.15, 0.2) is 0 Å². The lowest BCUT2D eigenvalue weighted by molar-refractivity contribution is 0.102. The highest BCUT2D eigenvalue weighted by Crippen LogP contribution is 2.26. The highest BCUT2D eigenvalue weighted by atomic mass is 19.1. The van der Waals surface area contributed by atoms with Crippen LogP contribution in [0, 0.1) is 5.82 Å². The third-order valence-corrected chi connectivity index (χ3v) is 3.46. The monoisotopic (exact) mass is 314 g/mol. The maximum Gasteiger partial charge on any atom is 0.272 e. The van der Waals surface area contributed by atoms with Gasteiger partial charge >= 0.3 is 0 Å². The molecule has 1 aromatic heterocycles. The normalized spacial score (nSPS) is 10.6. The number of aromatic amines is 1. The van der Waals surface area contributed by atoms with Crippen molar-refractivity contribution in [1.29, 1.82) is 0 Å². The Hall–Kier alpha value is -3.02. The Balaban J connectivity index is 1.90. The van der Waals surface area contributed by atoms with E-state index in [0.717, 1.165) is 0 Å². The molecule has 0 saturated heterocycles. The third kappa shape index (κ3) is 2.96. The molecular formula is C17H15FN2O3. The molecule has 0 unspecified atom stereocenters. The van der Waals surface area contributed by atoms with Gasteiger partial charge in [-0.1, -0.05) is 6.07 Å². The van der Waals surface area contributed by atoms with Crippen molar-refractivity contribution in [2.24, 2.45) is 0 Å². The summed E-state index contributed by atoms with van der Waals surface area (Å²) in [5, 5.41) is 3.11.